The molecule has 7 heteroatoms. The van der Waals surface area contributed by atoms with Gasteiger partial charge in [0, 0.05) is 28.2 Å². The second-order valence-corrected chi connectivity index (χ2v) is 10.4. The van der Waals surface area contributed by atoms with E-state index in [1.165, 1.54) is 6.42 Å². The fourth-order valence-electron chi connectivity index (χ4n) is 5.36. The van der Waals surface area contributed by atoms with Crippen LogP contribution >= 0.6 is 23.2 Å². The maximum Gasteiger partial charge on any atom is 0.247 e. The van der Waals surface area contributed by atoms with E-state index < -0.39 is 5.54 Å². The van der Waals surface area contributed by atoms with Gasteiger partial charge in [-0.1, -0.05) is 66.7 Å². The number of amides is 1. The fraction of sp³-hybridized carbons (Fsp3) is 0.357. The second kappa shape index (κ2) is 9.81. The van der Waals surface area contributed by atoms with Crippen LogP contribution < -0.4 is 5.32 Å². The molecule has 0 bridgehead atoms. The number of benzene rings is 2. The van der Waals surface area contributed by atoms with Gasteiger partial charge in [-0.3, -0.25) is 9.48 Å². The molecule has 5 nitrogen and oxygen atoms in total. The minimum Gasteiger partial charge on any atom is -0.314 e. The van der Waals surface area contributed by atoms with Gasteiger partial charge in [0.05, 0.1) is 23.3 Å². The van der Waals surface area contributed by atoms with Crippen molar-refractivity contribution in [1.82, 2.24) is 20.0 Å². The van der Waals surface area contributed by atoms with E-state index in [9.17, 15) is 4.79 Å². The number of hydrogen-bond donors (Lipinski definition) is 1. The molecule has 1 aliphatic heterocycles. The quantitative estimate of drug-likeness (QED) is 0.421. The number of likely N-dealkylation sites (N-methyl/N-ethyl adjacent to an activating group) is 1. The summed E-state index contributed by atoms with van der Waals surface area (Å²) < 4.78 is 2.00. The molecule has 1 amide bonds. The largest absolute Gasteiger partial charge is 0.314 e. The Hall–Kier alpha value is -2.60. The Kier molecular flexibility index (Phi) is 6.75. The number of halogens is 2. The highest BCUT2D eigenvalue weighted by molar-refractivity contribution is 6.35. The summed E-state index contributed by atoms with van der Waals surface area (Å²) in [5.41, 5.74) is 3.77. The van der Waals surface area contributed by atoms with Crippen LogP contribution in [0.25, 0.3) is 16.5 Å². The predicted molar refractivity (Wildman–Crippen MR) is 144 cm³/mol. The highest BCUT2D eigenvalue weighted by Gasteiger charge is 2.40. The first kappa shape index (κ1) is 24.1. The fourth-order valence-corrected chi connectivity index (χ4v) is 5.93. The minimum atomic E-state index is -0.432. The van der Waals surface area contributed by atoms with Crippen molar-refractivity contribution >= 4 is 45.6 Å². The summed E-state index contributed by atoms with van der Waals surface area (Å²) in [7, 11) is 1.91. The van der Waals surface area contributed by atoms with E-state index >= 15 is 0 Å². The first-order chi connectivity index (χ1) is 16.9. The molecule has 5 rings (SSSR count). The van der Waals surface area contributed by atoms with Crippen LogP contribution in [0.2, 0.25) is 10.0 Å². The van der Waals surface area contributed by atoms with Gasteiger partial charge in [0.25, 0.3) is 0 Å². The number of nitrogens with one attached hydrogen (secondary N) is 1. The van der Waals surface area contributed by atoms with Gasteiger partial charge >= 0.3 is 0 Å². The lowest BCUT2D eigenvalue weighted by Gasteiger charge is -2.39. The molecule has 1 aliphatic carbocycles. The SMILES string of the molecule is CNC1(C(=O)N2C=CC(c3ccc4cnn(C(C)c5ccc(Cl)cc5Cl)c4c3)=CC2)CCCCC1. The number of nitrogens with zero attached hydrogens (tertiary/aromatic N) is 3. The molecule has 1 atom stereocenters. The lowest BCUT2D eigenvalue weighted by atomic mass is 9.80. The molecule has 35 heavy (non-hydrogen) atoms. The summed E-state index contributed by atoms with van der Waals surface area (Å²) in [4.78, 5) is 15.2. The van der Waals surface area contributed by atoms with Gasteiger partial charge in [-0.05, 0) is 67.8 Å². The van der Waals surface area contributed by atoms with Crippen LogP contribution in [0.1, 0.15) is 56.2 Å². The van der Waals surface area contributed by atoms with Gasteiger partial charge in [0.2, 0.25) is 5.91 Å². The monoisotopic (exact) mass is 508 g/mol. The molecule has 1 N–H and O–H groups in total. The van der Waals surface area contributed by atoms with Crippen LogP contribution in [0.15, 0.2) is 60.9 Å². The Balaban J connectivity index is 1.39. The summed E-state index contributed by atoms with van der Waals surface area (Å²) in [5.74, 6) is 0.174. The van der Waals surface area contributed by atoms with Crippen LogP contribution in [0.3, 0.4) is 0 Å². The van der Waals surface area contributed by atoms with E-state index in [1.807, 2.05) is 47.2 Å². The average molecular weight is 509 g/mol. The topological polar surface area (TPSA) is 50.2 Å². The van der Waals surface area contributed by atoms with E-state index in [0.29, 0.717) is 16.6 Å². The molecule has 2 aromatic carbocycles. The van der Waals surface area contributed by atoms with Crippen molar-refractivity contribution in [2.24, 2.45) is 0 Å². The molecule has 1 fully saturated rings. The van der Waals surface area contributed by atoms with Crippen LogP contribution in [-0.4, -0.2) is 39.7 Å². The van der Waals surface area contributed by atoms with Crippen LogP contribution in [0.4, 0.5) is 0 Å². The Bertz CT molecular complexity index is 1320. The number of carbonyl (C=O) groups is 1. The van der Waals surface area contributed by atoms with Crippen molar-refractivity contribution in [2.75, 3.05) is 13.6 Å². The van der Waals surface area contributed by atoms with Crippen molar-refractivity contribution in [1.29, 1.82) is 0 Å². The average Bonchev–Trinajstić information content (AvgIpc) is 3.32. The smallest absolute Gasteiger partial charge is 0.247 e. The van der Waals surface area contributed by atoms with E-state index in [0.717, 1.165) is 53.3 Å². The number of carbonyl (C=O) groups excluding carboxylic acids is 1. The van der Waals surface area contributed by atoms with E-state index in [1.54, 1.807) is 6.07 Å². The number of aromatic nitrogens is 2. The molecule has 2 heterocycles. The van der Waals surface area contributed by atoms with Crippen molar-refractivity contribution in [3.05, 3.63) is 82.1 Å². The molecule has 0 saturated heterocycles. The molecule has 1 unspecified atom stereocenters. The van der Waals surface area contributed by atoms with Crippen molar-refractivity contribution in [3.63, 3.8) is 0 Å². The molecule has 2 aliphatic rings. The molecular formula is C28H30Cl2N4O. The molecule has 3 aromatic rings. The van der Waals surface area contributed by atoms with Gasteiger partial charge in [-0.25, -0.2) is 0 Å². The third-order valence-corrected chi connectivity index (χ3v) is 8.07. The first-order valence-electron chi connectivity index (χ1n) is 12.2. The molecule has 1 aromatic heterocycles. The molecular weight excluding hydrogens is 479 g/mol. The Labute approximate surface area is 216 Å². The van der Waals surface area contributed by atoms with Crippen LogP contribution in [-0.2, 0) is 4.79 Å². The van der Waals surface area contributed by atoms with Gasteiger partial charge in [0.15, 0.2) is 0 Å². The summed E-state index contributed by atoms with van der Waals surface area (Å²) in [6, 6.07) is 11.9. The Morgan fingerprint density at radius 1 is 1.11 bits per heavy atom. The summed E-state index contributed by atoms with van der Waals surface area (Å²) >= 11 is 12.6. The number of allylic oxidation sites excluding steroid dienone is 2. The Morgan fingerprint density at radius 2 is 1.91 bits per heavy atom. The zero-order valence-electron chi connectivity index (χ0n) is 20.1. The Morgan fingerprint density at radius 3 is 2.60 bits per heavy atom. The predicted octanol–water partition coefficient (Wildman–Crippen LogP) is 6.61. The van der Waals surface area contributed by atoms with Gasteiger partial charge < -0.3 is 10.2 Å². The van der Waals surface area contributed by atoms with Crippen LogP contribution in [0.5, 0.6) is 0 Å². The number of rotatable bonds is 5. The zero-order valence-corrected chi connectivity index (χ0v) is 21.6. The van der Waals surface area contributed by atoms with Crippen molar-refractivity contribution in [2.45, 2.75) is 50.6 Å². The highest BCUT2D eigenvalue weighted by Crippen LogP contribution is 2.33. The number of fused-ring (bicyclic) bond motifs is 1. The lowest BCUT2D eigenvalue weighted by Crippen LogP contribution is -2.56. The minimum absolute atomic E-state index is 0.0512. The summed E-state index contributed by atoms with van der Waals surface area (Å²) in [6.45, 7) is 2.66. The van der Waals surface area contributed by atoms with E-state index in [-0.39, 0.29) is 11.9 Å². The lowest BCUT2D eigenvalue weighted by molar-refractivity contribution is -0.136. The van der Waals surface area contributed by atoms with E-state index in [2.05, 4.69) is 41.6 Å². The van der Waals surface area contributed by atoms with Crippen LogP contribution in [0, 0.1) is 0 Å². The number of hydrogen-bond acceptors (Lipinski definition) is 3. The third kappa shape index (κ3) is 4.53. The first-order valence-corrected chi connectivity index (χ1v) is 13.0. The molecule has 0 spiro atoms. The maximum atomic E-state index is 13.3. The maximum absolute atomic E-state index is 13.3. The standard InChI is InChI=1S/C28H30Cl2N4O/c1-19(24-9-8-23(29)17-25(24)30)34-26-16-21(6-7-22(26)18-32-34)20-10-14-33(15-11-20)27(35)28(31-2)12-4-3-5-13-28/h6-11,14,16-19,31H,3-5,12-13,15H2,1-2H3. The molecule has 1 saturated carbocycles. The van der Waals surface area contributed by atoms with E-state index in [4.69, 9.17) is 23.2 Å². The highest BCUT2D eigenvalue weighted by atomic mass is 35.5. The molecule has 0 radical (unpaired) electrons. The summed E-state index contributed by atoms with van der Waals surface area (Å²) in [5, 5.41) is 10.3. The van der Waals surface area contributed by atoms with Crippen molar-refractivity contribution in [3.8, 4) is 0 Å². The summed E-state index contributed by atoms with van der Waals surface area (Å²) in [6.07, 6.45) is 13.2. The second-order valence-electron chi connectivity index (χ2n) is 9.53. The van der Waals surface area contributed by atoms with Gasteiger partial charge in [-0.15, -0.1) is 0 Å². The normalized spacial score (nSPS) is 18.5. The third-order valence-electron chi connectivity index (χ3n) is 7.51. The van der Waals surface area contributed by atoms with Gasteiger partial charge in [-0.2, -0.15) is 5.10 Å². The molecule has 182 valence electrons. The van der Waals surface area contributed by atoms with Crippen molar-refractivity contribution < 1.29 is 4.79 Å². The zero-order chi connectivity index (χ0) is 24.6. The van der Waals surface area contributed by atoms with Gasteiger partial charge in [0.1, 0.15) is 0 Å².